The molecule has 4 rings (SSSR count). The van der Waals surface area contributed by atoms with E-state index < -0.39 is 0 Å². The molecule has 0 radical (unpaired) electrons. The minimum Gasteiger partial charge on any atom is -0.357 e. The molecular weight excluding hydrogens is 264 g/mol. The Bertz CT molecular complexity index is 541. The largest absolute Gasteiger partial charge is 0.357 e. The third-order valence-electron chi connectivity index (χ3n) is 4.98. The Morgan fingerprint density at radius 2 is 2.05 bits per heavy atom. The van der Waals surface area contributed by atoms with Gasteiger partial charge in [0.05, 0.1) is 0 Å². The number of nitrogens with one attached hydrogen (secondary N) is 1. The number of anilines is 1. The average molecular weight is 286 g/mol. The molecule has 112 valence electrons. The van der Waals surface area contributed by atoms with Crippen molar-refractivity contribution < 1.29 is 4.79 Å². The first-order valence-corrected chi connectivity index (χ1v) is 7.97. The molecule has 1 N–H and O–H groups in total. The van der Waals surface area contributed by atoms with E-state index in [4.69, 9.17) is 0 Å². The molecule has 21 heavy (non-hydrogen) atoms. The van der Waals surface area contributed by atoms with Crippen molar-refractivity contribution in [1.82, 2.24) is 15.2 Å². The zero-order chi connectivity index (χ0) is 14.3. The molecule has 1 aliphatic carbocycles. The van der Waals surface area contributed by atoms with Crippen LogP contribution in [0.25, 0.3) is 0 Å². The van der Waals surface area contributed by atoms with Gasteiger partial charge in [-0.15, -0.1) is 0 Å². The quantitative estimate of drug-likeness (QED) is 0.924. The Balaban J connectivity index is 1.32. The number of nitrogens with zero attached hydrogens (tertiary/aromatic N) is 3. The fraction of sp³-hybridized carbons (Fsp3) is 0.625. The Hall–Kier alpha value is -1.78. The number of carbonyl (C=O) groups is 1. The minimum atomic E-state index is 0.0760. The standard InChI is InChI=1S/C16H22N4O/c21-15(20-11-16(12-20)4-5-16)18-10-13-3-6-17-14(9-13)19-7-1-2-8-19/h3,6,9H,1-2,4-5,7-8,10-12H2,(H,18,21). The molecule has 1 saturated carbocycles. The van der Waals surface area contributed by atoms with Crippen LogP contribution in [0.2, 0.25) is 0 Å². The zero-order valence-electron chi connectivity index (χ0n) is 12.3. The third-order valence-corrected chi connectivity index (χ3v) is 4.98. The summed E-state index contributed by atoms with van der Waals surface area (Å²) in [5.74, 6) is 1.04. The van der Waals surface area contributed by atoms with E-state index in [1.54, 1.807) is 0 Å². The van der Waals surface area contributed by atoms with E-state index in [0.717, 1.165) is 37.6 Å². The summed E-state index contributed by atoms with van der Waals surface area (Å²) in [6, 6.07) is 4.16. The van der Waals surface area contributed by atoms with Crippen LogP contribution in [-0.4, -0.2) is 42.1 Å². The maximum absolute atomic E-state index is 12.0. The maximum Gasteiger partial charge on any atom is 0.317 e. The second-order valence-corrected chi connectivity index (χ2v) is 6.73. The van der Waals surface area contributed by atoms with Crippen LogP contribution in [0.5, 0.6) is 0 Å². The van der Waals surface area contributed by atoms with E-state index in [2.05, 4.69) is 21.3 Å². The first-order chi connectivity index (χ1) is 10.2. The van der Waals surface area contributed by atoms with E-state index in [1.165, 1.54) is 25.7 Å². The number of carbonyl (C=O) groups excluding carboxylic acids is 1. The molecule has 1 aromatic heterocycles. The highest BCUT2D eigenvalue weighted by molar-refractivity contribution is 5.75. The van der Waals surface area contributed by atoms with Crippen LogP contribution >= 0.6 is 0 Å². The summed E-state index contributed by atoms with van der Waals surface area (Å²) < 4.78 is 0. The fourth-order valence-electron chi connectivity index (χ4n) is 3.38. The lowest BCUT2D eigenvalue weighted by molar-refractivity contribution is 0.106. The lowest BCUT2D eigenvalue weighted by Gasteiger charge is -2.39. The van der Waals surface area contributed by atoms with Gasteiger partial charge in [0.15, 0.2) is 0 Å². The van der Waals surface area contributed by atoms with Crippen LogP contribution in [0.15, 0.2) is 18.3 Å². The molecule has 5 nitrogen and oxygen atoms in total. The molecule has 3 fully saturated rings. The number of hydrogen-bond acceptors (Lipinski definition) is 3. The van der Waals surface area contributed by atoms with Crippen molar-refractivity contribution in [3.63, 3.8) is 0 Å². The molecule has 0 unspecified atom stereocenters. The smallest absolute Gasteiger partial charge is 0.317 e. The summed E-state index contributed by atoms with van der Waals surface area (Å²) in [4.78, 5) is 20.7. The molecule has 2 saturated heterocycles. The molecule has 2 aliphatic heterocycles. The molecule has 5 heteroatoms. The van der Waals surface area contributed by atoms with Crippen molar-refractivity contribution in [1.29, 1.82) is 0 Å². The van der Waals surface area contributed by atoms with Gasteiger partial charge in [0.25, 0.3) is 0 Å². The lowest BCUT2D eigenvalue weighted by atomic mass is 9.98. The Morgan fingerprint density at radius 3 is 2.76 bits per heavy atom. The Morgan fingerprint density at radius 1 is 1.29 bits per heavy atom. The second kappa shape index (κ2) is 4.90. The van der Waals surface area contributed by atoms with Gasteiger partial charge in [-0.1, -0.05) is 0 Å². The SMILES string of the molecule is O=C(NCc1ccnc(N2CCCC2)c1)N1CC2(CC2)C1. The van der Waals surface area contributed by atoms with Gasteiger partial charge in [-0.2, -0.15) is 0 Å². The van der Waals surface area contributed by atoms with Crippen LogP contribution in [0.4, 0.5) is 10.6 Å². The van der Waals surface area contributed by atoms with Crippen LogP contribution in [-0.2, 0) is 6.54 Å². The van der Waals surface area contributed by atoms with Crippen LogP contribution < -0.4 is 10.2 Å². The summed E-state index contributed by atoms with van der Waals surface area (Å²) in [6.45, 7) is 4.69. The Kier molecular flexibility index (Phi) is 3.01. The van der Waals surface area contributed by atoms with Gasteiger partial charge in [-0.25, -0.2) is 9.78 Å². The third kappa shape index (κ3) is 2.57. The average Bonchev–Trinajstić information content (AvgIpc) is 3.09. The summed E-state index contributed by atoms with van der Waals surface area (Å²) >= 11 is 0. The summed E-state index contributed by atoms with van der Waals surface area (Å²) in [6.07, 6.45) is 6.96. The van der Waals surface area contributed by atoms with Crippen LogP contribution in [0.1, 0.15) is 31.2 Å². The lowest BCUT2D eigenvalue weighted by Crippen LogP contribution is -2.54. The van der Waals surface area contributed by atoms with E-state index in [1.807, 2.05) is 17.2 Å². The number of likely N-dealkylation sites (tertiary alicyclic amines) is 1. The fourth-order valence-corrected chi connectivity index (χ4v) is 3.38. The summed E-state index contributed by atoms with van der Waals surface area (Å²) in [5.41, 5.74) is 1.65. The summed E-state index contributed by atoms with van der Waals surface area (Å²) in [5, 5.41) is 3.02. The first-order valence-electron chi connectivity index (χ1n) is 7.97. The monoisotopic (exact) mass is 286 g/mol. The van der Waals surface area contributed by atoms with Crippen molar-refractivity contribution in [2.45, 2.75) is 32.2 Å². The van der Waals surface area contributed by atoms with Gasteiger partial charge in [-0.05, 0) is 43.4 Å². The van der Waals surface area contributed by atoms with E-state index in [-0.39, 0.29) is 6.03 Å². The van der Waals surface area contributed by atoms with Gasteiger partial charge >= 0.3 is 6.03 Å². The van der Waals surface area contributed by atoms with Gasteiger partial charge in [0.2, 0.25) is 0 Å². The number of hydrogen-bond donors (Lipinski definition) is 1. The molecule has 1 aromatic rings. The predicted molar refractivity (Wildman–Crippen MR) is 81.2 cm³/mol. The van der Waals surface area contributed by atoms with Gasteiger partial charge in [0.1, 0.15) is 5.82 Å². The van der Waals surface area contributed by atoms with E-state index in [9.17, 15) is 4.79 Å². The highest BCUT2D eigenvalue weighted by atomic mass is 16.2. The molecule has 0 aromatic carbocycles. The number of urea groups is 1. The number of aromatic nitrogens is 1. The molecular formula is C16H22N4O. The molecule has 1 spiro atoms. The van der Waals surface area contributed by atoms with Crippen molar-refractivity contribution in [3.05, 3.63) is 23.9 Å². The summed E-state index contributed by atoms with van der Waals surface area (Å²) in [7, 11) is 0. The predicted octanol–water partition coefficient (Wildman–Crippen LogP) is 1.99. The number of rotatable bonds is 3. The Labute approximate surface area is 125 Å². The van der Waals surface area contributed by atoms with E-state index >= 15 is 0 Å². The second-order valence-electron chi connectivity index (χ2n) is 6.73. The van der Waals surface area contributed by atoms with Gasteiger partial charge in [-0.3, -0.25) is 0 Å². The normalized spacial score (nSPS) is 22.3. The first kappa shape index (κ1) is 12.9. The molecule has 0 bridgehead atoms. The number of amides is 2. The molecule has 3 aliphatic rings. The molecule has 2 amide bonds. The topological polar surface area (TPSA) is 48.5 Å². The highest BCUT2D eigenvalue weighted by Gasteiger charge is 2.53. The van der Waals surface area contributed by atoms with Crippen molar-refractivity contribution in [3.8, 4) is 0 Å². The molecule has 0 atom stereocenters. The van der Waals surface area contributed by atoms with Crippen molar-refractivity contribution in [2.75, 3.05) is 31.1 Å². The maximum atomic E-state index is 12.0. The van der Waals surface area contributed by atoms with Gasteiger partial charge < -0.3 is 15.1 Å². The highest BCUT2D eigenvalue weighted by Crippen LogP contribution is 2.52. The minimum absolute atomic E-state index is 0.0760. The van der Waals surface area contributed by atoms with Crippen molar-refractivity contribution >= 4 is 11.8 Å². The van der Waals surface area contributed by atoms with Crippen molar-refractivity contribution in [2.24, 2.45) is 5.41 Å². The van der Waals surface area contributed by atoms with Crippen LogP contribution in [0, 0.1) is 5.41 Å². The molecule has 3 heterocycles. The van der Waals surface area contributed by atoms with Gasteiger partial charge in [0, 0.05) is 44.3 Å². The van der Waals surface area contributed by atoms with Crippen LogP contribution in [0.3, 0.4) is 0 Å². The van der Waals surface area contributed by atoms with E-state index in [0.29, 0.717) is 12.0 Å². The number of pyridine rings is 1. The zero-order valence-corrected chi connectivity index (χ0v) is 12.3.